The van der Waals surface area contributed by atoms with Crippen molar-refractivity contribution in [1.29, 1.82) is 0 Å². The van der Waals surface area contributed by atoms with Crippen LogP contribution < -0.4 is 26.6 Å². The largest absolute Gasteiger partial charge is 0.386 e. The molecule has 392 valence electrons. The number of methoxy groups -OCH3 is 1. The Bertz CT molecular complexity index is 3470. The number of hydrogen-bond donors (Lipinski definition) is 6. The Balaban J connectivity index is 1.13. The number of fused-ring (bicyclic) bond motifs is 14. The highest BCUT2D eigenvalue weighted by Crippen LogP contribution is 2.40. The lowest BCUT2D eigenvalue weighted by molar-refractivity contribution is -0.122. The number of rotatable bonds is 9. The summed E-state index contributed by atoms with van der Waals surface area (Å²) in [4.78, 5) is 116. The number of ether oxygens (including phenoxy) is 1. The maximum absolute atomic E-state index is 14.3. The van der Waals surface area contributed by atoms with Crippen molar-refractivity contribution in [2.75, 3.05) is 26.0 Å². The van der Waals surface area contributed by atoms with Gasteiger partial charge in [-0.1, -0.05) is 44.2 Å². The first-order valence-electron chi connectivity index (χ1n) is 23.5. The fraction of sp³-hybridized carbons (Fsp3) is 0.300. The number of pyridine rings is 1. The number of ketones is 1. The van der Waals surface area contributed by atoms with Crippen molar-refractivity contribution in [3.8, 4) is 43.4 Å². The summed E-state index contributed by atoms with van der Waals surface area (Å²) in [6.07, 6.45) is -1.45. The molecule has 0 saturated heterocycles. The predicted molar refractivity (Wildman–Crippen MR) is 293 cm³/mol. The van der Waals surface area contributed by atoms with Gasteiger partial charge in [0.05, 0.1) is 41.2 Å². The van der Waals surface area contributed by atoms with E-state index < -0.39 is 48.4 Å². The van der Waals surface area contributed by atoms with Gasteiger partial charge in [0.2, 0.25) is 17.7 Å². The Morgan fingerprint density at radius 2 is 1.46 bits per heavy atom. The Labute approximate surface area is 458 Å². The fourth-order valence-corrected chi connectivity index (χ4v) is 13.6. The minimum atomic E-state index is -1.25. The van der Waals surface area contributed by atoms with Gasteiger partial charge in [-0.05, 0) is 30.5 Å². The number of aromatic nitrogens is 7. The molecule has 4 atom stereocenters. The van der Waals surface area contributed by atoms with Gasteiger partial charge in [0.1, 0.15) is 77.2 Å². The number of aliphatic hydroxyl groups is 1. The number of thiazole rings is 6. The first kappa shape index (κ1) is 53.9. The van der Waals surface area contributed by atoms with Crippen molar-refractivity contribution in [3.05, 3.63) is 111 Å². The van der Waals surface area contributed by atoms with Gasteiger partial charge in [-0.3, -0.25) is 28.8 Å². The van der Waals surface area contributed by atoms with E-state index in [4.69, 9.17) is 34.6 Å². The number of Topliss-reactive ketones (excluding diaryl/α,β-unsaturated/α-hetero) is 1. The van der Waals surface area contributed by atoms with Crippen LogP contribution in [0.15, 0.2) is 64.0 Å². The van der Waals surface area contributed by atoms with Crippen molar-refractivity contribution in [3.63, 3.8) is 0 Å². The molecule has 10 bridgehead atoms. The van der Waals surface area contributed by atoms with Gasteiger partial charge >= 0.3 is 0 Å². The van der Waals surface area contributed by atoms with Crippen LogP contribution in [0.4, 0.5) is 5.82 Å². The first-order chi connectivity index (χ1) is 36.6. The van der Waals surface area contributed by atoms with Crippen molar-refractivity contribution < 1.29 is 38.6 Å². The van der Waals surface area contributed by atoms with Gasteiger partial charge in [-0.15, -0.1) is 68.0 Å². The third-order valence-corrected chi connectivity index (χ3v) is 17.7. The molecule has 6 N–H and O–H groups in total. The molecular weight excluding hydrogens is 1090 g/mol. The van der Waals surface area contributed by atoms with Gasteiger partial charge in [0.25, 0.3) is 11.8 Å². The first-order valence-corrected chi connectivity index (χ1v) is 28.7. The van der Waals surface area contributed by atoms with E-state index in [1.807, 2.05) is 19.9 Å². The average Bonchev–Trinajstić information content (AvgIpc) is 4.28. The van der Waals surface area contributed by atoms with Crippen molar-refractivity contribution in [2.24, 2.45) is 5.92 Å². The maximum atomic E-state index is 14.3. The summed E-state index contributed by atoms with van der Waals surface area (Å²) in [7, 11) is 2.98. The van der Waals surface area contributed by atoms with Crippen LogP contribution in [0.5, 0.6) is 0 Å². The van der Waals surface area contributed by atoms with Crippen LogP contribution in [0.3, 0.4) is 0 Å². The highest BCUT2D eigenvalue weighted by Gasteiger charge is 2.33. The number of nitrogens with one attached hydrogen (secondary N) is 5. The summed E-state index contributed by atoms with van der Waals surface area (Å²) < 4.78 is 5.46. The van der Waals surface area contributed by atoms with Crippen LogP contribution in [0.25, 0.3) is 43.4 Å². The Hall–Kier alpha value is -6.91. The number of hydrogen-bond acceptors (Lipinski definition) is 21. The number of aryl methyl sites for hydroxylation is 1. The van der Waals surface area contributed by atoms with Crippen LogP contribution in [0.1, 0.15) is 120 Å². The lowest BCUT2D eigenvalue weighted by atomic mass is 9.90. The van der Waals surface area contributed by atoms with Crippen LogP contribution in [-0.2, 0) is 25.7 Å². The van der Waals surface area contributed by atoms with E-state index in [9.17, 15) is 33.9 Å². The SMILES string of the molecule is CNC(=O)C[C@@H]1NC(=O)c2csc(n2)-c2ccc(-c3nc(NC(C)=O)cs3)nc2-c2csc(n2)-c2csc(n2)[C@H]([C@@H](O)c2ccccc2)NC(=O)CNC(=O)c2nc(sc2COC)[C@@H](C(C)C)CC(=O)c2nc1sc2C. The Morgan fingerprint density at radius 1 is 0.750 bits per heavy atom. The van der Waals surface area contributed by atoms with Gasteiger partial charge in [-0.2, -0.15) is 0 Å². The zero-order chi connectivity index (χ0) is 53.8. The molecule has 20 nitrogen and oxygen atoms in total. The van der Waals surface area contributed by atoms with Crippen LogP contribution in [-0.4, -0.2) is 96.0 Å². The summed E-state index contributed by atoms with van der Waals surface area (Å²) in [6.45, 7) is 6.60. The Kier molecular flexibility index (Phi) is 16.7. The molecule has 8 aromatic rings. The number of amides is 5. The molecule has 1 aliphatic rings. The summed E-state index contributed by atoms with van der Waals surface area (Å²) in [6, 6.07) is 10.4. The lowest BCUT2D eigenvalue weighted by Gasteiger charge is -2.23. The molecule has 0 saturated carbocycles. The van der Waals surface area contributed by atoms with E-state index in [-0.39, 0.29) is 60.0 Å². The topological polar surface area (TPSA) is 282 Å². The number of carbonyl (C=O) groups excluding carboxylic acids is 6. The fourth-order valence-electron chi connectivity index (χ4n) is 8.08. The predicted octanol–water partition coefficient (Wildman–Crippen LogP) is 8.16. The Morgan fingerprint density at radius 3 is 2.21 bits per heavy atom. The minimum absolute atomic E-state index is 0.0232. The van der Waals surface area contributed by atoms with E-state index >= 15 is 0 Å². The maximum Gasteiger partial charge on any atom is 0.271 e. The van der Waals surface area contributed by atoms with Gasteiger partial charge in [-0.25, -0.2) is 34.9 Å². The lowest BCUT2D eigenvalue weighted by Crippen LogP contribution is -2.40. The quantitative estimate of drug-likeness (QED) is 0.0795. The average molecular weight is 1140 g/mol. The number of benzene rings is 1. The molecule has 0 aliphatic carbocycles. The summed E-state index contributed by atoms with van der Waals surface area (Å²) in [5, 5.41) is 35.2. The van der Waals surface area contributed by atoms with Crippen LogP contribution in [0.2, 0.25) is 0 Å². The molecule has 0 unspecified atom stereocenters. The van der Waals surface area contributed by atoms with Crippen molar-refractivity contribution >= 4 is 109 Å². The molecule has 1 aliphatic heterocycles. The second-order valence-corrected chi connectivity index (χ2v) is 23.5. The molecule has 9 rings (SSSR count). The molecule has 5 amide bonds. The van der Waals surface area contributed by atoms with Gasteiger partial charge in [0, 0.05) is 65.4 Å². The highest BCUT2D eigenvalue weighted by molar-refractivity contribution is 7.15. The van der Waals surface area contributed by atoms with E-state index in [1.54, 1.807) is 64.8 Å². The number of aliphatic hydroxyl groups excluding tert-OH is 1. The molecule has 26 heteroatoms. The number of carbonyl (C=O) groups is 6. The van der Waals surface area contributed by atoms with E-state index in [0.29, 0.717) is 79.5 Å². The minimum Gasteiger partial charge on any atom is -0.386 e. The van der Waals surface area contributed by atoms with E-state index in [0.717, 1.165) is 0 Å². The molecule has 0 fully saturated rings. The highest BCUT2D eigenvalue weighted by atomic mass is 32.1. The monoisotopic (exact) mass is 1140 g/mol. The standard InChI is InChI=1S/C50H48N12O8S6/c1-22(2)27-14-33(64)38-23(3)75-49(61-38)29(15-36(65)51-5)55-43(68)31-19-71-45(57-31)26-12-13-28(47-59-35(21-74-47)53-24(4)63)54-39(26)30-18-72-48(56-30)32-20-73-50(58-32)41(42(67)25-10-8-7-9-11-25)60-37(66)16-52-44(69)40-34(17-70-6)76-46(27)62-40/h7-13,18-22,27,29,41-42,67H,14-17H2,1-6H3,(H,51,65)(H,52,69)(H,53,63)(H,55,68)(H,60,66)/t27-,29+,41+,42+/m1/s1. The zero-order valence-corrected chi connectivity index (χ0v) is 46.3. The summed E-state index contributed by atoms with van der Waals surface area (Å²) >= 11 is 7.41. The second kappa shape index (κ2) is 23.5. The molecule has 0 radical (unpaired) electrons. The number of nitrogens with zero attached hydrogens (tertiary/aromatic N) is 7. The summed E-state index contributed by atoms with van der Waals surface area (Å²) in [5.74, 6) is -2.99. The normalized spacial score (nSPS) is 16.9. The molecule has 0 spiro atoms. The van der Waals surface area contributed by atoms with E-state index in [2.05, 4.69) is 31.6 Å². The molecule has 76 heavy (non-hydrogen) atoms. The van der Waals surface area contributed by atoms with Crippen LogP contribution in [0, 0.1) is 12.8 Å². The third-order valence-electron chi connectivity index (χ3n) is 11.9. The van der Waals surface area contributed by atoms with E-state index in [1.165, 1.54) is 89.1 Å². The zero-order valence-electron chi connectivity index (χ0n) is 41.5. The smallest absolute Gasteiger partial charge is 0.271 e. The van der Waals surface area contributed by atoms with Crippen LogP contribution >= 0.6 is 68.0 Å². The van der Waals surface area contributed by atoms with Gasteiger partial charge < -0.3 is 36.4 Å². The summed E-state index contributed by atoms with van der Waals surface area (Å²) in [5.41, 5.74) is 3.12. The number of anilines is 1. The van der Waals surface area contributed by atoms with Crippen molar-refractivity contribution in [2.45, 2.75) is 71.2 Å². The van der Waals surface area contributed by atoms with Crippen molar-refractivity contribution in [1.82, 2.24) is 56.2 Å². The molecule has 7 aromatic heterocycles. The molecule has 1 aromatic carbocycles. The van der Waals surface area contributed by atoms with Gasteiger partial charge in [0.15, 0.2) is 5.78 Å². The molecular formula is C50H48N12O8S6. The molecule has 8 heterocycles. The second-order valence-electron chi connectivity index (χ2n) is 17.6. The third kappa shape index (κ3) is 12.0.